The van der Waals surface area contributed by atoms with Gasteiger partial charge in [0.1, 0.15) is 11.0 Å². The van der Waals surface area contributed by atoms with E-state index in [-0.39, 0.29) is 10.5 Å². The molecule has 0 atom stereocenters. The van der Waals surface area contributed by atoms with Crippen LogP contribution in [-0.4, -0.2) is 8.42 Å². The summed E-state index contributed by atoms with van der Waals surface area (Å²) in [7, 11) is 1.27. The number of benzene rings is 1. The Morgan fingerprint density at radius 1 is 1.29 bits per heavy atom. The van der Waals surface area contributed by atoms with Crippen molar-refractivity contribution in [2.24, 2.45) is 0 Å². The molecule has 0 bridgehead atoms. The Morgan fingerprint density at radius 2 is 1.79 bits per heavy atom. The SMILES string of the molecule is N#Cc1cc(Br)c(Br)cc1S(=O)(=O)Cl. The maximum Gasteiger partial charge on any atom is 0.262 e. The molecule has 3 nitrogen and oxygen atoms in total. The van der Waals surface area contributed by atoms with Crippen molar-refractivity contribution in [3.63, 3.8) is 0 Å². The van der Waals surface area contributed by atoms with Crippen LogP contribution in [0.3, 0.4) is 0 Å². The predicted octanol–water partition coefficient (Wildman–Crippen LogP) is 3.01. The highest BCUT2D eigenvalue weighted by Crippen LogP contribution is 2.30. The lowest BCUT2D eigenvalue weighted by molar-refractivity contribution is 0.609. The van der Waals surface area contributed by atoms with Crippen LogP contribution in [0.4, 0.5) is 0 Å². The van der Waals surface area contributed by atoms with Crippen molar-refractivity contribution in [2.75, 3.05) is 0 Å². The molecule has 7 heteroatoms. The first kappa shape index (κ1) is 12.0. The molecule has 0 aliphatic carbocycles. The van der Waals surface area contributed by atoms with E-state index in [1.54, 1.807) is 6.07 Å². The lowest BCUT2D eigenvalue weighted by Crippen LogP contribution is -1.95. The average Bonchev–Trinajstić information content (AvgIpc) is 2.07. The molecule has 1 aromatic rings. The molecule has 0 radical (unpaired) electrons. The second-order valence-corrected chi connectivity index (χ2v) is 6.56. The summed E-state index contributed by atoms with van der Waals surface area (Å²) in [5, 5.41) is 8.69. The number of halogens is 3. The third-order valence-corrected chi connectivity index (χ3v) is 4.61. The van der Waals surface area contributed by atoms with E-state index in [1.165, 1.54) is 12.1 Å². The Labute approximate surface area is 102 Å². The smallest absolute Gasteiger partial charge is 0.207 e. The molecule has 0 aliphatic rings. The van der Waals surface area contributed by atoms with Crippen molar-refractivity contribution in [2.45, 2.75) is 4.90 Å². The van der Waals surface area contributed by atoms with E-state index in [4.69, 9.17) is 15.9 Å². The summed E-state index contributed by atoms with van der Waals surface area (Å²) < 4.78 is 23.2. The Morgan fingerprint density at radius 3 is 2.21 bits per heavy atom. The normalized spacial score (nSPS) is 11.0. The zero-order valence-corrected chi connectivity index (χ0v) is 11.2. The van der Waals surface area contributed by atoms with E-state index in [2.05, 4.69) is 31.9 Å². The van der Waals surface area contributed by atoms with Crippen molar-refractivity contribution in [3.8, 4) is 6.07 Å². The van der Waals surface area contributed by atoms with Crippen LogP contribution < -0.4 is 0 Å². The van der Waals surface area contributed by atoms with Crippen molar-refractivity contribution >= 4 is 51.6 Å². The van der Waals surface area contributed by atoms with Gasteiger partial charge in [0.25, 0.3) is 9.05 Å². The number of nitriles is 1. The van der Waals surface area contributed by atoms with E-state index in [1.807, 2.05) is 0 Å². The minimum atomic E-state index is -3.89. The van der Waals surface area contributed by atoms with Crippen molar-refractivity contribution in [1.29, 1.82) is 5.26 Å². The molecule has 1 aromatic carbocycles. The number of hydrogen-bond acceptors (Lipinski definition) is 3. The minimum Gasteiger partial charge on any atom is -0.207 e. The fourth-order valence-corrected chi connectivity index (χ4v) is 2.66. The van der Waals surface area contributed by atoms with Crippen molar-refractivity contribution in [3.05, 3.63) is 26.6 Å². The zero-order chi connectivity index (χ0) is 10.9. The van der Waals surface area contributed by atoms with Gasteiger partial charge >= 0.3 is 0 Å². The molecule has 0 saturated carbocycles. The van der Waals surface area contributed by atoms with Crippen molar-refractivity contribution < 1.29 is 8.42 Å². The number of rotatable bonds is 1. The van der Waals surface area contributed by atoms with Crippen LogP contribution in [-0.2, 0) is 9.05 Å². The summed E-state index contributed by atoms with van der Waals surface area (Å²) >= 11 is 6.27. The monoisotopic (exact) mass is 357 g/mol. The summed E-state index contributed by atoms with van der Waals surface area (Å²) in [5.74, 6) is 0. The quantitative estimate of drug-likeness (QED) is 0.724. The average molecular weight is 359 g/mol. The topological polar surface area (TPSA) is 57.9 Å². The van der Waals surface area contributed by atoms with Crippen LogP contribution in [0.2, 0.25) is 0 Å². The van der Waals surface area contributed by atoms with Crippen LogP contribution in [0, 0.1) is 11.3 Å². The van der Waals surface area contributed by atoms with Gasteiger partial charge in [0, 0.05) is 19.6 Å². The zero-order valence-electron chi connectivity index (χ0n) is 6.46. The van der Waals surface area contributed by atoms with Gasteiger partial charge in [0.2, 0.25) is 0 Å². The largest absolute Gasteiger partial charge is 0.262 e. The molecule has 0 fully saturated rings. The summed E-state index contributed by atoms with van der Waals surface area (Å²) in [4.78, 5) is -0.197. The third-order valence-electron chi connectivity index (χ3n) is 1.41. The fraction of sp³-hybridized carbons (Fsp3) is 0. The van der Waals surface area contributed by atoms with Gasteiger partial charge in [-0.25, -0.2) is 8.42 Å². The van der Waals surface area contributed by atoms with Gasteiger partial charge in [-0.15, -0.1) is 0 Å². The van der Waals surface area contributed by atoms with Gasteiger partial charge in [-0.2, -0.15) is 5.26 Å². The molecule has 14 heavy (non-hydrogen) atoms. The first-order valence-electron chi connectivity index (χ1n) is 3.20. The number of hydrogen-bond donors (Lipinski definition) is 0. The van der Waals surface area contributed by atoms with Gasteiger partial charge in [-0.05, 0) is 44.0 Å². The van der Waals surface area contributed by atoms with Gasteiger partial charge in [-0.1, -0.05) is 0 Å². The molecule has 0 heterocycles. The maximum atomic E-state index is 11.1. The van der Waals surface area contributed by atoms with E-state index in [9.17, 15) is 8.42 Å². The maximum absolute atomic E-state index is 11.1. The Bertz CT molecular complexity index is 521. The van der Waals surface area contributed by atoms with Crippen molar-refractivity contribution in [1.82, 2.24) is 0 Å². The van der Waals surface area contributed by atoms with Gasteiger partial charge in [0.15, 0.2) is 0 Å². The molecular weight excluding hydrogens is 357 g/mol. The molecule has 0 spiro atoms. The van der Waals surface area contributed by atoms with Gasteiger partial charge in [-0.3, -0.25) is 0 Å². The molecule has 1 rings (SSSR count). The predicted molar refractivity (Wildman–Crippen MR) is 59.6 cm³/mol. The standard InChI is InChI=1S/C7H2Br2ClNO2S/c8-5-1-4(3-11)7(2-6(5)9)14(10,12)13/h1-2H. The summed E-state index contributed by atoms with van der Waals surface area (Å²) in [5.41, 5.74) is 0.00933. The molecular formula is C7H2Br2ClNO2S. The van der Waals surface area contributed by atoms with Crippen LogP contribution >= 0.6 is 42.5 Å². The van der Waals surface area contributed by atoms with Crippen LogP contribution in [0.15, 0.2) is 26.0 Å². The van der Waals surface area contributed by atoms with E-state index >= 15 is 0 Å². The second kappa shape index (κ2) is 4.19. The van der Waals surface area contributed by atoms with Gasteiger partial charge in [0.05, 0.1) is 5.56 Å². The molecule has 0 amide bonds. The molecule has 0 saturated heterocycles. The van der Waals surface area contributed by atoms with E-state index in [0.717, 1.165) is 0 Å². The summed E-state index contributed by atoms with van der Waals surface area (Å²) in [6, 6.07) is 4.43. The molecule has 0 unspecified atom stereocenters. The Balaban J connectivity index is 3.61. The molecule has 0 N–H and O–H groups in total. The second-order valence-electron chi connectivity index (χ2n) is 2.31. The highest BCUT2D eigenvalue weighted by atomic mass is 79.9. The summed E-state index contributed by atoms with van der Waals surface area (Å²) in [6.45, 7) is 0. The van der Waals surface area contributed by atoms with E-state index < -0.39 is 9.05 Å². The first-order valence-corrected chi connectivity index (χ1v) is 7.09. The van der Waals surface area contributed by atoms with Gasteiger partial charge < -0.3 is 0 Å². The van der Waals surface area contributed by atoms with Crippen LogP contribution in [0.1, 0.15) is 5.56 Å². The Kier molecular flexibility index (Phi) is 3.58. The fourth-order valence-electron chi connectivity index (χ4n) is 0.818. The first-order chi connectivity index (χ1) is 6.36. The Hall–Kier alpha value is -0.0900. The van der Waals surface area contributed by atoms with Crippen LogP contribution in [0.25, 0.3) is 0 Å². The molecule has 0 aliphatic heterocycles. The third kappa shape index (κ3) is 2.48. The van der Waals surface area contributed by atoms with E-state index in [0.29, 0.717) is 8.95 Å². The number of nitrogens with zero attached hydrogens (tertiary/aromatic N) is 1. The lowest BCUT2D eigenvalue weighted by atomic mass is 10.2. The van der Waals surface area contributed by atoms with Crippen LogP contribution in [0.5, 0.6) is 0 Å². The highest BCUT2D eigenvalue weighted by Gasteiger charge is 2.17. The minimum absolute atomic E-state index is 0.00933. The highest BCUT2D eigenvalue weighted by molar-refractivity contribution is 9.13. The lowest BCUT2D eigenvalue weighted by Gasteiger charge is -2.02. The molecule has 74 valence electrons. The molecule has 0 aromatic heterocycles. The summed E-state index contributed by atoms with van der Waals surface area (Å²) in [6.07, 6.45) is 0.